The predicted molar refractivity (Wildman–Crippen MR) is 71.8 cm³/mol. The summed E-state index contributed by atoms with van der Waals surface area (Å²) in [5.41, 5.74) is 0. The van der Waals surface area contributed by atoms with E-state index in [2.05, 4.69) is 15.9 Å². The molecule has 1 aromatic carbocycles. The fraction of sp³-hybridized carbons (Fsp3) is 0.462. The molecule has 0 heterocycles. The van der Waals surface area contributed by atoms with E-state index in [9.17, 15) is 4.79 Å². The summed E-state index contributed by atoms with van der Waals surface area (Å²) in [5.74, 6) is 1.72. The van der Waals surface area contributed by atoms with Crippen molar-refractivity contribution < 1.29 is 4.79 Å². The summed E-state index contributed by atoms with van der Waals surface area (Å²) in [5, 5.41) is 0. The predicted octanol–water partition coefficient (Wildman–Crippen LogP) is 4.30. The van der Waals surface area contributed by atoms with Crippen molar-refractivity contribution in [3.05, 3.63) is 28.7 Å². The molecule has 1 nitrogen and oxygen atoms in total. The summed E-state index contributed by atoms with van der Waals surface area (Å²) in [6, 6.07) is 8.12. The Morgan fingerprint density at radius 3 is 2.56 bits per heavy atom. The van der Waals surface area contributed by atoms with Crippen molar-refractivity contribution in [2.75, 3.05) is 5.75 Å². The quantitative estimate of drug-likeness (QED) is 0.754. The van der Waals surface area contributed by atoms with Gasteiger partial charge in [-0.05, 0) is 30.2 Å². The second-order valence-electron chi connectivity index (χ2n) is 4.28. The molecular formula is C13H15BrOS. The summed E-state index contributed by atoms with van der Waals surface area (Å²) in [6.45, 7) is 0. The first-order chi connectivity index (χ1) is 7.74. The number of carbonyl (C=O) groups is 1. The minimum Gasteiger partial charge on any atom is -0.299 e. The third kappa shape index (κ3) is 3.63. The molecule has 0 aromatic heterocycles. The molecule has 1 saturated carbocycles. The van der Waals surface area contributed by atoms with E-state index in [1.54, 1.807) is 11.8 Å². The first-order valence-corrected chi connectivity index (χ1v) is 7.42. The molecule has 2 rings (SSSR count). The van der Waals surface area contributed by atoms with Gasteiger partial charge in [0.1, 0.15) is 5.78 Å². The number of halogens is 1. The van der Waals surface area contributed by atoms with Crippen LogP contribution in [-0.2, 0) is 4.79 Å². The van der Waals surface area contributed by atoms with Gasteiger partial charge in [0.2, 0.25) is 0 Å². The molecule has 0 amide bonds. The Morgan fingerprint density at radius 2 is 2.00 bits per heavy atom. The van der Waals surface area contributed by atoms with Crippen LogP contribution in [-0.4, -0.2) is 11.5 Å². The van der Waals surface area contributed by atoms with Crippen molar-refractivity contribution in [2.24, 2.45) is 5.92 Å². The van der Waals surface area contributed by atoms with E-state index in [1.807, 2.05) is 24.3 Å². The lowest BCUT2D eigenvalue weighted by Crippen LogP contribution is -2.16. The van der Waals surface area contributed by atoms with Crippen LogP contribution in [0.15, 0.2) is 33.6 Å². The number of benzene rings is 1. The molecule has 0 radical (unpaired) electrons. The van der Waals surface area contributed by atoms with E-state index in [0.29, 0.717) is 17.5 Å². The molecule has 1 aromatic rings. The Morgan fingerprint density at radius 1 is 1.31 bits per heavy atom. The number of Topliss-reactive ketones (excluding diaryl/α,β-unsaturated/α-hetero) is 1. The van der Waals surface area contributed by atoms with Crippen molar-refractivity contribution in [3.8, 4) is 0 Å². The molecule has 1 aliphatic rings. The van der Waals surface area contributed by atoms with Crippen LogP contribution in [0.1, 0.15) is 25.7 Å². The van der Waals surface area contributed by atoms with Crippen LogP contribution in [0.25, 0.3) is 0 Å². The lowest BCUT2D eigenvalue weighted by Gasteiger charge is -2.24. The third-order valence-electron chi connectivity index (χ3n) is 2.95. The Bertz CT molecular complexity index is 357. The highest BCUT2D eigenvalue weighted by atomic mass is 79.9. The fourth-order valence-corrected chi connectivity index (χ4v) is 2.81. The summed E-state index contributed by atoms with van der Waals surface area (Å²) in [7, 11) is 0. The highest BCUT2D eigenvalue weighted by Gasteiger charge is 2.20. The van der Waals surface area contributed by atoms with Crippen LogP contribution in [0, 0.1) is 5.92 Å². The number of hydrogen-bond donors (Lipinski definition) is 0. The van der Waals surface area contributed by atoms with E-state index < -0.39 is 0 Å². The minimum atomic E-state index is 0.401. The van der Waals surface area contributed by atoms with Gasteiger partial charge in [-0.15, -0.1) is 11.8 Å². The zero-order valence-corrected chi connectivity index (χ0v) is 11.5. The normalized spacial score (nSPS) is 15.8. The molecule has 0 spiro atoms. The standard InChI is InChI=1S/C13H15BrOS/c14-11-4-6-13(7-5-11)16-9-12(15)8-10-2-1-3-10/h4-7,10H,1-3,8-9H2. The molecule has 0 saturated heterocycles. The second kappa shape index (κ2) is 5.87. The van der Waals surface area contributed by atoms with Crippen molar-refractivity contribution >= 4 is 33.5 Å². The summed E-state index contributed by atoms with van der Waals surface area (Å²) < 4.78 is 1.08. The Balaban J connectivity index is 1.73. The number of carbonyl (C=O) groups excluding carboxylic acids is 1. The number of hydrogen-bond acceptors (Lipinski definition) is 2. The number of ketones is 1. The van der Waals surface area contributed by atoms with E-state index in [-0.39, 0.29) is 0 Å². The number of thioether (sulfide) groups is 1. The lowest BCUT2D eigenvalue weighted by atomic mass is 9.82. The van der Waals surface area contributed by atoms with E-state index in [4.69, 9.17) is 0 Å². The summed E-state index contributed by atoms with van der Waals surface area (Å²) in [6.07, 6.45) is 4.63. The van der Waals surface area contributed by atoms with Crippen molar-refractivity contribution in [3.63, 3.8) is 0 Å². The highest BCUT2D eigenvalue weighted by molar-refractivity contribution is 9.10. The third-order valence-corrected chi connectivity index (χ3v) is 4.56. The van der Waals surface area contributed by atoms with Crippen LogP contribution in [0.3, 0.4) is 0 Å². The molecule has 1 fully saturated rings. The maximum absolute atomic E-state index is 11.7. The van der Waals surface area contributed by atoms with Crippen LogP contribution in [0.5, 0.6) is 0 Å². The molecule has 0 unspecified atom stereocenters. The maximum atomic E-state index is 11.7. The van der Waals surface area contributed by atoms with Gasteiger partial charge in [0.05, 0.1) is 5.75 Å². The molecule has 16 heavy (non-hydrogen) atoms. The second-order valence-corrected chi connectivity index (χ2v) is 6.25. The van der Waals surface area contributed by atoms with Gasteiger partial charge < -0.3 is 0 Å². The van der Waals surface area contributed by atoms with E-state index >= 15 is 0 Å². The van der Waals surface area contributed by atoms with Gasteiger partial charge in [0.25, 0.3) is 0 Å². The summed E-state index contributed by atoms with van der Waals surface area (Å²) >= 11 is 5.04. The van der Waals surface area contributed by atoms with Crippen molar-refractivity contribution in [2.45, 2.75) is 30.6 Å². The van der Waals surface area contributed by atoms with Gasteiger partial charge in [0, 0.05) is 15.8 Å². The molecule has 86 valence electrons. The summed E-state index contributed by atoms with van der Waals surface area (Å²) in [4.78, 5) is 12.8. The van der Waals surface area contributed by atoms with Crippen LogP contribution in [0.2, 0.25) is 0 Å². The van der Waals surface area contributed by atoms with E-state index in [0.717, 1.165) is 10.9 Å². The van der Waals surface area contributed by atoms with Gasteiger partial charge in [-0.3, -0.25) is 4.79 Å². The van der Waals surface area contributed by atoms with Crippen molar-refractivity contribution in [1.82, 2.24) is 0 Å². The SMILES string of the molecule is O=C(CSc1ccc(Br)cc1)CC1CCC1. The van der Waals surface area contributed by atoms with Crippen LogP contribution >= 0.6 is 27.7 Å². The largest absolute Gasteiger partial charge is 0.299 e. The molecule has 0 aliphatic heterocycles. The zero-order chi connectivity index (χ0) is 11.4. The average Bonchev–Trinajstić information content (AvgIpc) is 2.23. The highest BCUT2D eigenvalue weighted by Crippen LogP contribution is 2.30. The monoisotopic (exact) mass is 298 g/mol. The first kappa shape index (κ1) is 12.2. The van der Waals surface area contributed by atoms with Gasteiger partial charge in [-0.2, -0.15) is 0 Å². The lowest BCUT2D eigenvalue weighted by molar-refractivity contribution is -0.118. The minimum absolute atomic E-state index is 0.401. The van der Waals surface area contributed by atoms with Crippen molar-refractivity contribution in [1.29, 1.82) is 0 Å². The molecule has 0 N–H and O–H groups in total. The molecular weight excluding hydrogens is 284 g/mol. The molecule has 3 heteroatoms. The Labute approximate surface area is 109 Å². The molecule has 1 aliphatic carbocycles. The average molecular weight is 299 g/mol. The van der Waals surface area contributed by atoms with Gasteiger partial charge in [-0.1, -0.05) is 35.2 Å². The zero-order valence-electron chi connectivity index (χ0n) is 9.12. The Kier molecular flexibility index (Phi) is 4.47. The van der Waals surface area contributed by atoms with Gasteiger partial charge in [0.15, 0.2) is 0 Å². The topological polar surface area (TPSA) is 17.1 Å². The first-order valence-electron chi connectivity index (χ1n) is 5.64. The molecule has 0 atom stereocenters. The smallest absolute Gasteiger partial charge is 0.143 e. The van der Waals surface area contributed by atoms with Crippen LogP contribution < -0.4 is 0 Å². The van der Waals surface area contributed by atoms with Crippen LogP contribution in [0.4, 0.5) is 0 Å². The number of rotatable bonds is 5. The van der Waals surface area contributed by atoms with Gasteiger partial charge >= 0.3 is 0 Å². The van der Waals surface area contributed by atoms with E-state index in [1.165, 1.54) is 24.2 Å². The van der Waals surface area contributed by atoms with Gasteiger partial charge in [-0.25, -0.2) is 0 Å². The Hall–Kier alpha value is -0.280. The maximum Gasteiger partial charge on any atom is 0.143 e. The fourth-order valence-electron chi connectivity index (χ4n) is 1.77. The molecule has 0 bridgehead atoms.